The number of carbonyl (C=O) groups excluding carboxylic acids is 1. The van der Waals surface area contributed by atoms with Crippen LogP contribution in [0.15, 0.2) is 79.0 Å². The molecule has 3 aromatic carbocycles. The Morgan fingerprint density at radius 1 is 0.903 bits per heavy atom. The zero-order valence-corrected chi connectivity index (χ0v) is 17.9. The van der Waals surface area contributed by atoms with Gasteiger partial charge < -0.3 is 15.0 Å². The van der Waals surface area contributed by atoms with Crippen LogP contribution in [-0.2, 0) is 28.8 Å². The maximum Gasteiger partial charge on any atom is 0.306 e. The molecular weight excluding hydrogens is 384 g/mol. The number of fused-ring (bicyclic) bond motifs is 1. The minimum Gasteiger partial charge on any atom is -0.466 e. The van der Waals surface area contributed by atoms with E-state index in [1.165, 1.54) is 16.5 Å². The van der Waals surface area contributed by atoms with Crippen LogP contribution < -0.4 is 5.73 Å². The molecule has 0 aliphatic rings. The predicted octanol–water partition coefficient (Wildman–Crippen LogP) is 5.49. The normalized spacial score (nSPS) is 11.0. The number of esters is 1. The van der Waals surface area contributed by atoms with Crippen molar-refractivity contribution in [3.8, 4) is 5.69 Å². The van der Waals surface area contributed by atoms with E-state index in [4.69, 9.17) is 10.5 Å². The summed E-state index contributed by atoms with van der Waals surface area (Å²) in [5, 5.41) is 1.21. The van der Waals surface area contributed by atoms with E-state index in [9.17, 15) is 4.79 Å². The van der Waals surface area contributed by atoms with E-state index in [0.29, 0.717) is 19.4 Å². The Kier molecular flexibility index (Phi) is 6.37. The molecule has 0 bridgehead atoms. The van der Waals surface area contributed by atoms with Gasteiger partial charge in [0.2, 0.25) is 0 Å². The largest absolute Gasteiger partial charge is 0.466 e. The quantitative estimate of drug-likeness (QED) is 0.307. The summed E-state index contributed by atoms with van der Waals surface area (Å²) >= 11 is 0. The first-order valence-electron chi connectivity index (χ1n) is 10.8. The SMILES string of the molecule is CCOC(=O)CCc1ccc2c(c1)c(CCc1ccccc1)cn2-c1ccccc1N. The van der Waals surface area contributed by atoms with Gasteiger partial charge in [0.1, 0.15) is 0 Å². The third kappa shape index (κ3) is 4.80. The first kappa shape index (κ1) is 20.7. The molecule has 31 heavy (non-hydrogen) atoms. The van der Waals surface area contributed by atoms with Crippen LogP contribution in [0.3, 0.4) is 0 Å². The van der Waals surface area contributed by atoms with Crippen LogP contribution in [0.5, 0.6) is 0 Å². The molecule has 0 unspecified atom stereocenters. The molecule has 158 valence electrons. The highest BCUT2D eigenvalue weighted by Crippen LogP contribution is 2.29. The number of hydrogen-bond donors (Lipinski definition) is 1. The third-order valence-electron chi connectivity index (χ3n) is 5.60. The van der Waals surface area contributed by atoms with Gasteiger partial charge in [-0.15, -0.1) is 0 Å². The number of para-hydroxylation sites is 2. The monoisotopic (exact) mass is 412 g/mol. The fourth-order valence-electron chi connectivity index (χ4n) is 4.01. The number of rotatable bonds is 8. The van der Waals surface area contributed by atoms with Gasteiger partial charge in [0.25, 0.3) is 0 Å². The molecule has 0 atom stereocenters. The highest BCUT2D eigenvalue weighted by atomic mass is 16.5. The Morgan fingerprint density at radius 2 is 1.68 bits per heavy atom. The maximum atomic E-state index is 11.8. The summed E-state index contributed by atoms with van der Waals surface area (Å²) in [6, 6.07) is 24.9. The molecular formula is C27H28N2O2. The summed E-state index contributed by atoms with van der Waals surface area (Å²) in [5.74, 6) is -0.151. The number of anilines is 1. The van der Waals surface area contributed by atoms with Gasteiger partial charge in [0, 0.05) is 18.0 Å². The van der Waals surface area contributed by atoms with Crippen LogP contribution in [0.4, 0.5) is 5.69 Å². The second-order valence-electron chi connectivity index (χ2n) is 7.73. The Bertz CT molecular complexity index is 1180. The van der Waals surface area contributed by atoms with Crippen LogP contribution in [0, 0.1) is 0 Å². The first-order chi connectivity index (χ1) is 15.2. The van der Waals surface area contributed by atoms with E-state index in [1.54, 1.807) is 0 Å². The molecule has 0 fully saturated rings. The fraction of sp³-hybridized carbons (Fsp3) is 0.222. The highest BCUT2D eigenvalue weighted by molar-refractivity contribution is 5.87. The summed E-state index contributed by atoms with van der Waals surface area (Å²) in [6.07, 6.45) is 5.17. The lowest BCUT2D eigenvalue weighted by Gasteiger charge is -2.09. The predicted molar refractivity (Wildman–Crippen MR) is 126 cm³/mol. The molecule has 0 spiro atoms. The minimum atomic E-state index is -0.151. The summed E-state index contributed by atoms with van der Waals surface area (Å²) in [7, 11) is 0. The number of benzene rings is 3. The fourth-order valence-corrected chi connectivity index (χ4v) is 4.01. The average molecular weight is 413 g/mol. The Hall–Kier alpha value is -3.53. The Balaban J connectivity index is 1.69. The van der Waals surface area contributed by atoms with E-state index in [2.05, 4.69) is 53.2 Å². The molecule has 1 aromatic heterocycles. The molecule has 2 N–H and O–H groups in total. The Morgan fingerprint density at radius 3 is 2.45 bits per heavy atom. The van der Waals surface area contributed by atoms with Gasteiger partial charge in [0.05, 0.1) is 23.5 Å². The van der Waals surface area contributed by atoms with Crippen molar-refractivity contribution >= 4 is 22.6 Å². The number of nitrogens with two attached hydrogens (primary N) is 1. The van der Waals surface area contributed by atoms with E-state index in [0.717, 1.165) is 35.3 Å². The molecule has 0 saturated heterocycles. The Labute approximate surface area is 183 Å². The van der Waals surface area contributed by atoms with Crippen molar-refractivity contribution in [2.24, 2.45) is 0 Å². The van der Waals surface area contributed by atoms with Gasteiger partial charge in [-0.3, -0.25) is 4.79 Å². The van der Waals surface area contributed by atoms with Crippen molar-refractivity contribution in [1.29, 1.82) is 0 Å². The van der Waals surface area contributed by atoms with Crippen molar-refractivity contribution in [2.75, 3.05) is 12.3 Å². The lowest BCUT2D eigenvalue weighted by Crippen LogP contribution is -2.05. The second kappa shape index (κ2) is 9.52. The first-order valence-corrected chi connectivity index (χ1v) is 10.8. The molecule has 1 heterocycles. The molecule has 4 nitrogen and oxygen atoms in total. The summed E-state index contributed by atoms with van der Waals surface area (Å²) in [6.45, 7) is 2.25. The molecule has 0 radical (unpaired) electrons. The average Bonchev–Trinajstić information content (AvgIpc) is 3.15. The highest BCUT2D eigenvalue weighted by Gasteiger charge is 2.13. The summed E-state index contributed by atoms with van der Waals surface area (Å²) < 4.78 is 7.26. The van der Waals surface area contributed by atoms with Crippen LogP contribution in [-0.4, -0.2) is 17.1 Å². The molecule has 0 aliphatic heterocycles. The summed E-state index contributed by atoms with van der Waals surface area (Å²) in [4.78, 5) is 11.8. The van der Waals surface area contributed by atoms with Gasteiger partial charge in [-0.2, -0.15) is 0 Å². The van der Waals surface area contributed by atoms with Gasteiger partial charge in [-0.25, -0.2) is 0 Å². The van der Waals surface area contributed by atoms with Crippen molar-refractivity contribution in [2.45, 2.75) is 32.6 Å². The van der Waals surface area contributed by atoms with Crippen molar-refractivity contribution in [1.82, 2.24) is 4.57 Å². The third-order valence-corrected chi connectivity index (χ3v) is 5.60. The standard InChI is InChI=1S/C27H28N2O2/c1-2-31-27(30)17-14-21-13-16-25-23(18-21)22(15-12-20-8-4-3-5-9-20)19-29(25)26-11-7-6-10-24(26)28/h3-11,13,16,18-19H,2,12,14-15,17,28H2,1H3. The van der Waals surface area contributed by atoms with Crippen molar-refractivity contribution < 1.29 is 9.53 Å². The molecule has 0 saturated carbocycles. The zero-order chi connectivity index (χ0) is 21.6. The molecule has 4 aromatic rings. The van der Waals surface area contributed by atoms with Crippen molar-refractivity contribution in [3.63, 3.8) is 0 Å². The molecule has 4 heteroatoms. The van der Waals surface area contributed by atoms with E-state index in [1.807, 2.05) is 37.3 Å². The van der Waals surface area contributed by atoms with Gasteiger partial charge >= 0.3 is 5.97 Å². The van der Waals surface area contributed by atoms with E-state index >= 15 is 0 Å². The van der Waals surface area contributed by atoms with Crippen LogP contribution in [0.1, 0.15) is 30.0 Å². The number of nitrogen functional groups attached to an aromatic ring is 1. The molecule has 0 amide bonds. The minimum absolute atomic E-state index is 0.151. The summed E-state index contributed by atoms with van der Waals surface area (Å²) in [5.41, 5.74) is 12.9. The smallest absolute Gasteiger partial charge is 0.306 e. The van der Waals surface area contributed by atoms with Crippen LogP contribution in [0.25, 0.3) is 16.6 Å². The zero-order valence-electron chi connectivity index (χ0n) is 17.9. The number of aromatic nitrogens is 1. The van der Waals surface area contributed by atoms with E-state index < -0.39 is 0 Å². The maximum absolute atomic E-state index is 11.8. The van der Waals surface area contributed by atoms with Crippen LogP contribution in [0.2, 0.25) is 0 Å². The van der Waals surface area contributed by atoms with Gasteiger partial charge in [-0.05, 0) is 67.1 Å². The van der Waals surface area contributed by atoms with Gasteiger partial charge in [-0.1, -0.05) is 48.5 Å². The number of hydrogen-bond acceptors (Lipinski definition) is 3. The van der Waals surface area contributed by atoms with Gasteiger partial charge in [0.15, 0.2) is 0 Å². The topological polar surface area (TPSA) is 57.2 Å². The molecule has 0 aliphatic carbocycles. The van der Waals surface area contributed by atoms with E-state index in [-0.39, 0.29) is 5.97 Å². The number of ether oxygens (including phenoxy) is 1. The lowest BCUT2D eigenvalue weighted by molar-refractivity contribution is -0.143. The molecule has 4 rings (SSSR count). The second-order valence-corrected chi connectivity index (χ2v) is 7.73. The number of aryl methyl sites for hydroxylation is 3. The number of nitrogens with zero attached hydrogens (tertiary/aromatic N) is 1. The van der Waals surface area contributed by atoms with Crippen molar-refractivity contribution in [3.05, 3.63) is 95.7 Å². The number of carbonyl (C=O) groups is 1. The van der Waals surface area contributed by atoms with Crippen LogP contribution >= 0.6 is 0 Å². The lowest BCUT2D eigenvalue weighted by atomic mass is 10.0.